The maximum absolute atomic E-state index is 13.3. The van der Waals surface area contributed by atoms with Gasteiger partial charge in [0.15, 0.2) is 0 Å². The van der Waals surface area contributed by atoms with Crippen LogP contribution < -0.4 is 16.0 Å². The number of urea groups is 2. The van der Waals surface area contributed by atoms with Gasteiger partial charge >= 0.3 is 12.1 Å². The van der Waals surface area contributed by atoms with Crippen molar-refractivity contribution < 1.29 is 23.6 Å². The highest BCUT2D eigenvalue weighted by atomic mass is 19.1. The second-order valence-corrected chi connectivity index (χ2v) is 5.96. The van der Waals surface area contributed by atoms with Gasteiger partial charge in [-0.25, -0.2) is 14.0 Å². The molecule has 1 atom stereocenters. The van der Waals surface area contributed by atoms with Crippen molar-refractivity contribution in [2.45, 2.75) is 31.7 Å². The Balaban J connectivity index is 2.29. The van der Waals surface area contributed by atoms with Gasteiger partial charge in [0.05, 0.1) is 0 Å². The van der Waals surface area contributed by atoms with E-state index >= 15 is 0 Å². The fourth-order valence-electron chi connectivity index (χ4n) is 2.83. The standard InChI is InChI=1S/C17H21FN4O4/c1-3-4-9-17(11-5-7-12(18)8-6-11)14(24)22(16(26)21-17)10-13(23)20-15(25)19-2/h5-8H,3-4,9-10H2,1-2H3,(H,21,26)(H2,19,20,23,25)/t17-/m1/s1. The first-order valence-electron chi connectivity index (χ1n) is 8.25. The van der Waals surface area contributed by atoms with Crippen molar-refractivity contribution in [2.75, 3.05) is 13.6 Å². The quantitative estimate of drug-likeness (QED) is 0.660. The van der Waals surface area contributed by atoms with Crippen LogP contribution in [-0.2, 0) is 15.1 Å². The van der Waals surface area contributed by atoms with Crippen LogP contribution in [0.3, 0.4) is 0 Å². The van der Waals surface area contributed by atoms with E-state index in [4.69, 9.17) is 0 Å². The molecular weight excluding hydrogens is 343 g/mol. The number of nitrogens with zero attached hydrogens (tertiary/aromatic N) is 1. The third kappa shape index (κ3) is 3.81. The number of amides is 6. The molecule has 1 aliphatic heterocycles. The first-order valence-corrected chi connectivity index (χ1v) is 8.25. The number of unbranched alkanes of at least 4 members (excludes halogenated alkanes) is 1. The number of hydrogen-bond donors (Lipinski definition) is 3. The summed E-state index contributed by atoms with van der Waals surface area (Å²) in [6, 6.07) is 3.84. The third-order valence-electron chi connectivity index (χ3n) is 4.20. The van der Waals surface area contributed by atoms with Crippen LogP contribution >= 0.6 is 0 Å². The van der Waals surface area contributed by atoms with Crippen LogP contribution in [0.4, 0.5) is 14.0 Å². The Morgan fingerprint density at radius 2 is 1.88 bits per heavy atom. The van der Waals surface area contributed by atoms with Gasteiger partial charge in [-0.3, -0.25) is 19.8 Å². The second-order valence-electron chi connectivity index (χ2n) is 5.96. The zero-order chi connectivity index (χ0) is 19.3. The molecule has 0 bridgehead atoms. The predicted octanol–water partition coefficient (Wildman–Crippen LogP) is 1.22. The lowest BCUT2D eigenvalue weighted by atomic mass is 9.85. The van der Waals surface area contributed by atoms with E-state index in [1.807, 2.05) is 12.2 Å². The number of imide groups is 2. The molecule has 1 aliphatic rings. The first kappa shape index (κ1) is 19.4. The van der Waals surface area contributed by atoms with Crippen molar-refractivity contribution in [3.63, 3.8) is 0 Å². The molecule has 6 amide bonds. The molecule has 0 aromatic heterocycles. The van der Waals surface area contributed by atoms with E-state index in [1.165, 1.54) is 31.3 Å². The lowest BCUT2D eigenvalue weighted by molar-refractivity contribution is -0.135. The Labute approximate surface area is 150 Å². The van der Waals surface area contributed by atoms with Gasteiger partial charge in [-0.2, -0.15) is 0 Å². The van der Waals surface area contributed by atoms with Crippen molar-refractivity contribution in [3.05, 3.63) is 35.6 Å². The molecule has 0 unspecified atom stereocenters. The second kappa shape index (κ2) is 7.94. The SMILES string of the molecule is CCCC[C@]1(c2ccc(F)cc2)NC(=O)N(CC(=O)NC(=O)NC)C1=O. The summed E-state index contributed by atoms with van der Waals surface area (Å²) in [4.78, 5) is 49.2. The molecule has 1 heterocycles. The van der Waals surface area contributed by atoms with E-state index in [0.29, 0.717) is 18.4 Å². The van der Waals surface area contributed by atoms with E-state index in [-0.39, 0.29) is 0 Å². The van der Waals surface area contributed by atoms with E-state index < -0.39 is 41.8 Å². The molecule has 3 N–H and O–H groups in total. The highest BCUT2D eigenvalue weighted by molar-refractivity contribution is 6.10. The average molecular weight is 364 g/mol. The molecule has 8 nitrogen and oxygen atoms in total. The van der Waals surface area contributed by atoms with Gasteiger partial charge in [0, 0.05) is 7.05 Å². The number of carbonyl (C=O) groups is 4. The van der Waals surface area contributed by atoms with E-state index in [0.717, 1.165) is 11.3 Å². The maximum atomic E-state index is 13.3. The largest absolute Gasteiger partial charge is 0.341 e. The number of benzene rings is 1. The Kier molecular flexibility index (Phi) is 5.91. The van der Waals surface area contributed by atoms with Crippen LogP contribution in [0.1, 0.15) is 31.7 Å². The average Bonchev–Trinajstić information content (AvgIpc) is 2.85. The molecule has 0 spiro atoms. The topological polar surface area (TPSA) is 108 Å². The van der Waals surface area contributed by atoms with Crippen LogP contribution in [0.2, 0.25) is 0 Å². The third-order valence-corrected chi connectivity index (χ3v) is 4.20. The van der Waals surface area contributed by atoms with Crippen molar-refractivity contribution in [3.8, 4) is 0 Å². The zero-order valence-corrected chi connectivity index (χ0v) is 14.6. The Bertz CT molecular complexity index is 722. The summed E-state index contributed by atoms with van der Waals surface area (Å²) in [7, 11) is 1.33. The van der Waals surface area contributed by atoms with Crippen molar-refractivity contribution in [1.29, 1.82) is 0 Å². The lowest BCUT2D eigenvalue weighted by Gasteiger charge is -2.27. The normalized spacial score (nSPS) is 19.3. The molecule has 2 rings (SSSR count). The van der Waals surface area contributed by atoms with Crippen LogP contribution in [0.25, 0.3) is 0 Å². The monoisotopic (exact) mass is 364 g/mol. The summed E-state index contributed by atoms with van der Waals surface area (Å²) >= 11 is 0. The predicted molar refractivity (Wildman–Crippen MR) is 90.4 cm³/mol. The summed E-state index contributed by atoms with van der Waals surface area (Å²) in [6.07, 6.45) is 1.73. The molecule has 9 heteroatoms. The molecule has 0 radical (unpaired) electrons. The van der Waals surface area contributed by atoms with Crippen molar-refractivity contribution in [2.24, 2.45) is 0 Å². The van der Waals surface area contributed by atoms with Gasteiger partial charge in [-0.15, -0.1) is 0 Å². The highest BCUT2D eigenvalue weighted by Gasteiger charge is 2.52. The molecule has 1 saturated heterocycles. The van der Waals surface area contributed by atoms with Gasteiger partial charge in [0.25, 0.3) is 5.91 Å². The summed E-state index contributed by atoms with van der Waals surface area (Å²) in [6.45, 7) is 1.35. The smallest absolute Gasteiger partial charge is 0.325 e. The van der Waals surface area contributed by atoms with Crippen LogP contribution in [0, 0.1) is 5.82 Å². The highest BCUT2D eigenvalue weighted by Crippen LogP contribution is 2.34. The minimum absolute atomic E-state index is 0.313. The van der Waals surface area contributed by atoms with Gasteiger partial charge < -0.3 is 10.6 Å². The molecule has 1 aromatic rings. The number of rotatable bonds is 6. The lowest BCUT2D eigenvalue weighted by Crippen LogP contribution is -2.47. The summed E-state index contributed by atoms with van der Waals surface area (Å²) in [5.41, 5.74) is -0.909. The molecular formula is C17H21FN4O4. The van der Waals surface area contributed by atoms with E-state index in [1.54, 1.807) is 0 Å². The van der Waals surface area contributed by atoms with E-state index in [9.17, 15) is 23.6 Å². The zero-order valence-electron chi connectivity index (χ0n) is 14.6. The van der Waals surface area contributed by atoms with Gasteiger partial charge in [0.1, 0.15) is 17.9 Å². The van der Waals surface area contributed by atoms with E-state index in [2.05, 4.69) is 10.6 Å². The Morgan fingerprint density at radius 3 is 2.46 bits per heavy atom. The number of hydrogen-bond acceptors (Lipinski definition) is 4. The molecule has 140 valence electrons. The van der Waals surface area contributed by atoms with Crippen molar-refractivity contribution >= 4 is 23.9 Å². The molecule has 26 heavy (non-hydrogen) atoms. The molecule has 1 aromatic carbocycles. The minimum Gasteiger partial charge on any atom is -0.341 e. The molecule has 1 fully saturated rings. The van der Waals surface area contributed by atoms with Crippen LogP contribution in [0.5, 0.6) is 0 Å². The first-order chi connectivity index (χ1) is 12.3. The fraction of sp³-hybridized carbons (Fsp3) is 0.412. The molecule has 0 aliphatic carbocycles. The summed E-state index contributed by atoms with van der Waals surface area (Å²) in [5, 5.41) is 6.86. The Morgan fingerprint density at radius 1 is 1.23 bits per heavy atom. The van der Waals surface area contributed by atoms with Gasteiger partial charge in [0.2, 0.25) is 5.91 Å². The number of nitrogens with one attached hydrogen (secondary N) is 3. The maximum Gasteiger partial charge on any atom is 0.325 e. The number of carbonyl (C=O) groups excluding carboxylic acids is 4. The fourth-order valence-corrected chi connectivity index (χ4v) is 2.83. The van der Waals surface area contributed by atoms with Crippen LogP contribution in [-0.4, -0.2) is 42.4 Å². The van der Waals surface area contributed by atoms with Crippen molar-refractivity contribution in [1.82, 2.24) is 20.9 Å². The number of halogens is 1. The van der Waals surface area contributed by atoms with Gasteiger partial charge in [-0.05, 0) is 24.1 Å². The summed E-state index contributed by atoms with van der Waals surface area (Å²) < 4.78 is 13.3. The Hall–Kier alpha value is -2.97. The van der Waals surface area contributed by atoms with Crippen LogP contribution in [0.15, 0.2) is 24.3 Å². The minimum atomic E-state index is -1.35. The summed E-state index contributed by atoms with van der Waals surface area (Å²) in [5.74, 6) is -1.86. The molecule has 0 saturated carbocycles. The van der Waals surface area contributed by atoms with Gasteiger partial charge in [-0.1, -0.05) is 31.9 Å².